The van der Waals surface area contributed by atoms with Gasteiger partial charge in [0, 0.05) is 4.47 Å². The van der Waals surface area contributed by atoms with Crippen LogP contribution in [0.4, 0.5) is 13.6 Å². The molecule has 1 aliphatic rings. The van der Waals surface area contributed by atoms with Crippen molar-refractivity contribution in [1.82, 2.24) is 5.32 Å². The lowest BCUT2D eigenvalue weighted by Gasteiger charge is -2.32. The Hall–Kier alpha value is -1.37. The number of alkyl carbamates (subject to hydrolysis) is 1. The maximum atomic E-state index is 13.6. The maximum absolute atomic E-state index is 13.6. The van der Waals surface area contributed by atoms with E-state index in [0.29, 0.717) is 4.47 Å². The van der Waals surface area contributed by atoms with Gasteiger partial charge < -0.3 is 15.2 Å². The van der Waals surface area contributed by atoms with Gasteiger partial charge in [0.05, 0.1) is 0 Å². The first-order valence-electron chi connectivity index (χ1n) is 4.70. The zero-order valence-electron chi connectivity index (χ0n) is 8.41. The van der Waals surface area contributed by atoms with Gasteiger partial charge in [-0.15, -0.1) is 0 Å². The monoisotopic (exact) mass is 307 g/mol. The van der Waals surface area contributed by atoms with E-state index >= 15 is 0 Å². The molecule has 0 aromatic heterocycles. The van der Waals surface area contributed by atoms with Gasteiger partial charge in [0.15, 0.2) is 6.61 Å². The summed E-state index contributed by atoms with van der Waals surface area (Å²) in [6.07, 6.45) is -0.906. The molecule has 1 aromatic carbocycles. The Morgan fingerprint density at radius 2 is 2.24 bits per heavy atom. The third-order valence-electron chi connectivity index (χ3n) is 2.37. The van der Waals surface area contributed by atoms with Crippen LogP contribution in [-0.4, -0.2) is 23.7 Å². The zero-order chi connectivity index (χ0) is 12.6. The number of carbonyl (C=O) groups excluding carboxylic acids is 1. The number of cyclic esters (lactones) is 1. The number of nitrogens with one attached hydrogen (secondary N) is 1. The molecule has 1 saturated heterocycles. The van der Waals surface area contributed by atoms with Crippen LogP contribution in [0, 0.1) is 0 Å². The van der Waals surface area contributed by atoms with Crippen molar-refractivity contribution in [2.45, 2.75) is 12.0 Å². The Bertz CT molecular complexity index is 467. The molecule has 4 nitrogen and oxygen atoms in total. The summed E-state index contributed by atoms with van der Waals surface area (Å²) >= 11 is 3.10. The summed E-state index contributed by atoms with van der Waals surface area (Å²) in [5.41, 5.74) is 0.103. The average molecular weight is 308 g/mol. The average Bonchev–Trinajstić information content (AvgIpc) is 2.26. The highest BCUT2D eigenvalue weighted by Gasteiger charge is 2.47. The van der Waals surface area contributed by atoms with E-state index in [0.717, 1.165) is 0 Å². The molecule has 0 radical (unpaired) electrons. The predicted octanol–water partition coefficient (Wildman–Crippen LogP) is 2.57. The van der Waals surface area contributed by atoms with Crippen molar-refractivity contribution >= 4 is 22.0 Å². The van der Waals surface area contributed by atoms with E-state index in [-0.39, 0.29) is 11.3 Å². The molecule has 0 spiro atoms. The van der Waals surface area contributed by atoms with Gasteiger partial charge in [-0.25, -0.2) is 13.6 Å². The Balaban J connectivity index is 2.42. The molecular weight excluding hydrogens is 300 g/mol. The van der Waals surface area contributed by atoms with Gasteiger partial charge in [0.25, 0.3) is 0 Å². The SMILES string of the molecule is O=C1N[C@@H](c2cc(O)ccc2Br)C(F)(F)CO1. The number of aromatic hydroxyl groups is 1. The Morgan fingerprint density at radius 1 is 1.53 bits per heavy atom. The first-order valence-corrected chi connectivity index (χ1v) is 5.49. The number of hydrogen-bond donors (Lipinski definition) is 2. The fourth-order valence-corrected chi connectivity index (χ4v) is 2.04. The lowest BCUT2D eigenvalue weighted by Crippen LogP contribution is -2.49. The number of rotatable bonds is 1. The summed E-state index contributed by atoms with van der Waals surface area (Å²) in [6, 6.07) is 2.44. The molecule has 0 aliphatic carbocycles. The summed E-state index contributed by atoms with van der Waals surface area (Å²) in [5, 5.41) is 11.3. The van der Waals surface area contributed by atoms with E-state index in [2.05, 4.69) is 20.7 Å². The number of benzene rings is 1. The van der Waals surface area contributed by atoms with Crippen LogP contribution in [0.2, 0.25) is 0 Å². The highest BCUT2D eigenvalue weighted by atomic mass is 79.9. The maximum Gasteiger partial charge on any atom is 0.408 e. The van der Waals surface area contributed by atoms with Crippen LogP contribution in [-0.2, 0) is 4.74 Å². The Morgan fingerprint density at radius 3 is 2.94 bits per heavy atom. The summed E-state index contributed by atoms with van der Waals surface area (Å²) in [4.78, 5) is 11.0. The van der Waals surface area contributed by atoms with Crippen molar-refractivity contribution in [3.8, 4) is 5.75 Å². The molecule has 7 heteroatoms. The van der Waals surface area contributed by atoms with Gasteiger partial charge >= 0.3 is 12.0 Å². The molecular formula is C10H8BrF2NO3. The molecule has 0 saturated carbocycles. The van der Waals surface area contributed by atoms with Crippen LogP contribution in [0.3, 0.4) is 0 Å². The van der Waals surface area contributed by atoms with Gasteiger partial charge in [-0.3, -0.25) is 0 Å². The van der Waals surface area contributed by atoms with Crippen molar-refractivity contribution in [2.24, 2.45) is 0 Å². The number of phenolic OH excluding ortho intramolecular Hbond substituents is 1. The fourth-order valence-electron chi connectivity index (χ4n) is 1.57. The molecule has 17 heavy (non-hydrogen) atoms. The third-order valence-corrected chi connectivity index (χ3v) is 3.09. The van der Waals surface area contributed by atoms with E-state index in [1.165, 1.54) is 18.2 Å². The van der Waals surface area contributed by atoms with Gasteiger partial charge in [0.1, 0.15) is 11.8 Å². The van der Waals surface area contributed by atoms with Crippen LogP contribution in [0.1, 0.15) is 11.6 Å². The van der Waals surface area contributed by atoms with Crippen LogP contribution in [0.25, 0.3) is 0 Å². The molecule has 0 bridgehead atoms. The molecule has 0 unspecified atom stereocenters. The third kappa shape index (κ3) is 2.33. The molecule has 1 atom stereocenters. The summed E-state index contributed by atoms with van der Waals surface area (Å²) in [5.74, 6) is -3.38. The van der Waals surface area contributed by atoms with Crippen molar-refractivity contribution < 1.29 is 23.4 Å². The molecule has 2 rings (SSSR count). The smallest absolute Gasteiger partial charge is 0.408 e. The minimum absolute atomic E-state index is 0.103. The number of hydrogen-bond acceptors (Lipinski definition) is 3. The van der Waals surface area contributed by atoms with Gasteiger partial charge in [-0.2, -0.15) is 0 Å². The van der Waals surface area contributed by atoms with E-state index in [1.54, 1.807) is 0 Å². The molecule has 1 amide bonds. The van der Waals surface area contributed by atoms with Gasteiger partial charge in [0.2, 0.25) is 0 Å². The van der Waals surface area contributed by atoms with Crippen LogP contribution < -0.4 is 5.32 Å². The largest absolute Gasteiger partial charge is 0.508 e. The number of ether oxygens (including phenoxy) is 1. The Kier molecular flexibility index (Phi) is 2.94. The van der Waals surface area contributed by atoms with Crippen LogP contribution in [0.15, 0.2) is 22.7 Å². The zero-order valence-corrected chi connectivity index (χ0v) is 10.0. The number of amides is 1. The Labute approximate surface area is 104 Å². The minimum atomic E-state index is -3.23. The van der Waals surface area contributed by atoms with Crippen molar-refractivity contribution in [3.63, 3.8) is 0 Å². The molecule has 2 N–H and O–H groups in total. The molecule has 1 aromatic rings. The van der Waals surface area contributed by atoms with E-state index < -0.39 is 24.7 Å². The second-order valence-electron chi connectivity index (χ2n) is 3.62. The number of alkyl halides is 2. The van der Waals surface area contributed by atoms with Gasteiger partial charge in [-0.05, 0) is 23.8 Å². The molecule has 1 aliphatic heterocycles. The molecule has 92 valence electrons. The second-order valence-corrected chi connectivity index (χ2v) is 4.47. The van der Waals surface area contributed by atoms with Crippen LogP contribution in [0.5, 0.6) is 5.75 Å². The van der Waals surface area contributed by atoms with E-state index in [9.17, 15) is 18.7 Å². The number of halogens is 3. The lowest BCUT2D eigenvalue weighted by molar-refractivity contribution is -0.104. The molecule has 1 heterocycles. The van der Waals surface area contributed by atoms with Crippen molar-refractivity contribution in [1.29, 1.82) is 0 Å². The first kappa shape index (κ1) is 12.1. The van der Waals surface area contributed by atoms with E-state index in [4.69, 9.17) is 0 Å². The highest BCUT2D eigenvalue weighted by molar-refractivity contribution is 9.10. The normalized spacial score (nSPS) is 22.8. The molecule has 1 fully saturated rings. The first-order chi connectivity index (χ1) is 7.90. The lowest BCUT2D eigenvalue weighted by atomic mass is 10.00. The number of carbonyl (C=O) groups is 1. The standard InChI is InChI=1S/C10H8BrF2NO3/c11-7-2-1-5(15)3-6(7)8-10(12,13)4-17-9(16)14-8/h1-3,8,15H,4H2,(H,14,16)/t8-/m0/s1. The summed E-state index contributed by atoms with van der Waals surface area (Å²) in [6.45, 7) is -0.981. The van der Waals surface area contributed by atoms with Crippen molar-refractivity contribution in [2.75, 3.05) is 6.61 Å². The number of phenols is 1. The van der Waals surface area contributed by atoms with Crippen LogP contribution >= 0.6 is 15.9 Å². The van der Waals surface area contributed by atoms with E-state index in [1.807, 2.05) is 5.32 Å². The fraction of sp³-hybridized carbons (Fsp3) is 0.300. The highest BCUT2D eigenvalue weighted by Crippen LogP contribution is 2.38. The van der Waals surface area contributed by atoms with Gasteiger partial charge in [-0.1, -0.05) is 15.9 Å². The van der Waals surface area contributed by atoms with Crippen molar-refractivity contribution in [3.05, 3.63) is 28.2 Å². The second kappa shape index (κ2) is 4.14. The topological polar surface area (TPSA) is 58.6 Å². The summed E-state index contributed by atoms with van der Waals surface area (Å²) in [7, 11) is 0. The quantitative estimate of drug-likeness (QED) is 0.838. The summed E-state index contributed by atoms with van der Waals surface area (Å²) < 4.78 is 31.8. The minimum Gasteiger partial charge on any atom is -0.508 e. The predicted molar refractivity (Wildman–Crippen MR) is 58.0 cm³/mol.